The second-order valence-corrected chi connectivity index (χ2v) is 3.99. The van der Waals surface area contributed by atoms with Gasteiger partial charge in [0.1, 0.15) is 6.54 Å². The van der Waals surface area contributed by atoms with Gasteiger partial charge in [0.15, 0.2) is 0 Å². The summed E-state index contributed by atoms with van der Waals surface area (Å²) in [6.45, 7) is 0.0928. The lowest BCUT2D eigenvalue weighted by Gasteiger charge is -2.19. The van der Waals surface area contributed by atoms with E-state index in [2.05, 4.69) is 15.5 Å². The van der Waals surface area contributed by atoms with Crippen LogP contribution in [-0.2, 0) is 16.1 Å². The van der Waals surface area contributed by atoms with Crippen molar-refractivity contribution in [2.24, 2.45) is 0 Å². The summed E-state index contributed by atoms with van der Waals surface area (Å²) in [4.78, 5) is 36.8. The van der Waals surface area contributed by atoms with E-state index in [-0.39, 0.29) is 24.9 Å². The van der Waals surface area contributed by atoms with Gasteiger partial charge in [-0.15, -0.1) is 0 Å². The first-order valence-corrected chi connectivity index (χ1v) is 5.37. The van der Waals surface area contributed by atoms with Gasteiger partial charge < -0.3 is 10.2 Å². The van der Waals surface area contributed by atoms with Gasteiger partial charge in [-0.25, -0.2) is 4.79 Å². The van der Waals surface area contributed by atoms with Crippen LogP contribution in [0.5, 0.6) is 0 Å². The van der Waals surface area contributed by atoms with Crippen molar-refractivity contribution in [2.75, 3.05) is 20.1 Å². The number of hydrogen-bond acceptors (Lipinski definition) is 4. The van der Waals surface area contributed by atoms with Gasteiger partial charge in [0.2, 0.25) is 5.91 Å². The number of nitrogens with zero attached hydrogens (tertiary/aromatic N) is 3. The number of imide groups is 1. The van der Waals surface area contributed by atoms with Gasteiger partial charge >= 0.3 is 6.03 Å². The lowest BCUT2D eigenvalue weighted by atomic mass is 10.3. The van der Waals surface area contributed by atoms with Crippen LogP contribution in [-0.4, -0.2) is 58.0 Å². The van der Waals surface area contributed by atoms with Gasteiger partial charge in [0, 0.05) is 25.4 Å². The standard InChI is InChI=1S/C10H13N5O3/c1-14(5-7-2-12-13-3-7)9(17)6-15-8(16)4-11-10(15)18/h2-3H,4-6H2,1H3,(H,11,18)(H,12,13). The molecular weight excluding hydrogens is 238 g/mol. The maximum Gasteiger partial charge on any atom is 0.325 e. The molecule has 2 rings (SSSR count). The lowest BCUT2D eigenvalue weighted by Crippen LogP contribution is -2.41. The van der Waals surface area contributed by atoms with Crippen LogP contribution in [0.4, 0.5) is 4.79 Å². The lowest BCUT2D eigenvalue weighted by molar-refractivity contribution is -0.135. The average molecular weight is 251 g/mol. The van der Waals surface area contributed by atoms with Gasteiger partial charge in [0.25, 0.3) is 5.91 Å². The molecule has 2 N–H and O–H groups in total. The second-order valence-electron chi connectivity index (χ2n) is 3.99. The largest absolute Gasteiger partial charge is 0.340 e. The monoisotopic (exact) mass is 251 g/mol. The van der Waals surface area contributed by atoms with E-state index in [0.29, 0.717) is 6.54 Å². The zero-order valence-corrected chi connectivity index (χ0v) is 9.84. The zero-order chi connectivity index (χ0) is 13.1. The van der Waals surface area contributed by atoms with Crippen LogP contribution in [0.2, 0.25) is 0 Å². The molecule has 0 aromatic carbocycles. The van der Waals surface area contributed by atoms with E-state index < -0.39 is 6.03 Å². The Morgan fingerprint density at radius 2 is 2.33 bits per heavy atom. The molecule has 0 saturated carbocycles. The number of aromatic nitrogens is 2. The van der Waals surface area contributed by atoms with E-state index in [1.807, 2.05) is 0 Å². The predicted molar refractivity (Wildman–Crippen MR) is 60.2 cm³/mol. The number of hydrogen-bond donors (Lipinski definition) is 2. The summed E-state index contributed by atoms with van der Waals surface area (Å²) in [6, 6.07) is -0.523. The van der Waals surface area contributed by atoms with Crippen molar-refractivity contribution in [3.05, 3.63) is 18.0 Å². The minimum atomic E-state index is -0.523. The molecule has 1 aliphatic rings. The first-order chi connectivity index (χ1) is 8.58. The fourth-order valence-corrected chi connectivity index (χ4v) is 1.60. The van der Waals surface area contributed by atoms with E-state index >= 15 is 0 Å². The van der Waals surface area contributed by atoms with Crippen LogP contribution in [0.25, 0.3) is 0 Å². The smallest absolute Gasteiger partial charge is 0.325 e. The fraction of sp³-hybridized carbons (Fsp3) is 0.400. The Hall–Kier alpha value is -2.38. The number of likely N-dealkylation sites (N-methyl/N-ethyl adjacent to an activating group) is 1. The van der Waals surface area contributed by atoms with Crippen LogP contribution >= 0.6 is 0 Å². The summed E-state index contributed by atoms with van der Waals surface area (Å²) in [5.74, 6) is -0.688. The van der Waals surface area contributed by atoms with Crippen molar-refractivity contribution < 1.29 is 14.4 Å². The van der Waals surface area contributed by atoms with E-state index in [9.17, 15) is 14.4 Å². The summed E-state index contributed by atoms with van der Waals surface area (Å²) in [7, 11) is 1.60. The highest BCUT2D eigenvalue weighted by atomic mass is 16.2. The van der Waals surface area contributed by atoms with Crippen molar-refractivity contribution in [1.82, 2.24) is 25.3 Å². The molecule has 1 aliphatic heterocycles. The molecular formula is C10H13N5O3. The van der Waals surface area contributed by atoms with E-state index in [1.165, 1.54) is 4.90 Å². The molecule has 1 aromatic heterocycles. The molecule has 1 saturated heterocycles. The van der Waals surface area contributed by atoms with Crippen molar-refractivity contribution in [2.45, 2.75) is 6.54 Å². The molecule has 96 valence electrons. The van der Waals surface area contributed by atoms with Gasteiger partial charge in [-0.3, -0.25) is 19.6 Å². The topological polar surface area (TPSA) is 98.4 Å². The maximum atomic E-state index is 11.8. The highest BCUT2D eigenvalue weighted by Crippen LogP contribution is 2.03. The summed E-state index contributed by atoms with van der Waals surface area (Å²) < 4.78 is 0. The molecule has 8 heteroatoms. The Labute approximate surface area is 103 Å². The summed E-state index contributed by atoms with van der Waals surface area (Å²) in [5, 5.41) is 8.78. The molecule has 2 heterocycles. The normalized spacial score (nSPS) is 14.8. The molecule has 0 aliphatic carbocycles. The van der Waals surface area contributed by atoms with Gasteiger partial charge in [-0.2, -0.15) is 5.10 Å². The van der Waals surface area contributed by atoms with Crippen LogP contribution in [0, 0.1) is 0 Å². The first-order valence-electron chi connectivity index (χ1n) is 5.37. The van der Waals surface area contributed by atoms with E-state index in [4.69, 9.17) is 0 Å². The van der Waals surface area contributed by atoms with Crippen LogP contribution in [0.3, 0.4) is 0 Å². The number of amides is 4. The molecule has 0 bridgehead atoms. The number of aromatic amines is 1. The molecule has 0 radical (unpaired) electrons. The van der Waals surface area contributed by atoms with Crippen molar-refractivity contribution in [1.29, 1.82) is 0 Å². The SMILES string of the molecule is CN(Cc1cn[nH]c1)C(=O)CN1C(=O)CNC1=O. The molecule has 0 atom stereocenters. The summed E-state index contributed by atoms with van der Waals surface area (Å²) in [6.07, 6.45) is 3.29. The molecule has 18 heavy (non-hydrogen) atoms. The Morgan fingerprint density at radius 3 is 2.89 bits per heavy atom. The Morgan fingerprint density at radius 1 is 1.56 bits per heavy atom. The van der Waals surface area contributed by atoms with Crippen molar-refractivity contribution in [3.8, 4) is 0 Å². The average Bonchev–Trinajstić information content (AvgIpc) is 2.94. The molecule has 0 spiro atoms. The highest BCUT2D eigenvalue weighted by molar-refractivity contribution is 6.04. The molecule has 4 amide bonds. The van der Waals surface area contributed by atoms with Crippen LogP contribution < -0.4 is 5.32 Å². The maximum absolute atomic E-state index is 11.8. The zero-order valence-electron chi connectivity index (χ0n) is 9.84. The number of carbonyl (C=O) groups excluding carboxylic acids is 3. The van der Waals surface area contributed by atoms with Crippen molar-refractivity contribution >= 4 is 17.8 Å². The second kappa shape index (κ2) is 4.86. The third-order valence-corrected chi connectivity index (χ3v) is 2.63. The minimum absolute atomic E-state index is 0.0441. The Kier molecular flexibility index (Phi) is 3.26. The quantitative estimate of drug-likeness (QED) is 0.665. The van der Waals surface area contributed by atoms with Gasteiger partial charge in [-0.1, -0.05) is 0 Å². The molecule has 1 aromatic rings. The minimum Gasteiger partial charge on any atom is -0.340 e. The van der Waals surface area contributed by atoms with E-state index in [0.717, 1.165) is 10.5 Å². The fourth-order valence-electron chi connectivity index (χ4n) is 1.60. The van der Waals surface area contributed by atoms with Crippen LogP contribution in [0.15, 0.2) is 12.4 Å². The van der Waals surface area contributed by atoms with E-state index in [1.54, 1.807) is 19.4 Å². The number of urea groups is 1. The summed E-state index contributed by atoms with van der Waals surface area (Å²) in [5.41, 5.74) is 0.850. The summed E-state index contributed by atoms with van der Waals surface area (Å²) >= 11 is 0. The van der Waals surface area contributed by atoms with Gasteiger partial charge in [-0.05, 0) is 0 Å². The third-order valence-electron chi connectivity index (χ3n) is 2.63. The first kappa shape index (κ1) is 12.1. The third kappa shape index (κ3) is 2.47. The Bertz CT molecular complexity index is 454. The number of nitrogens with one attached hydrogen (secondary N) is 2. The molecule has 1 fully saturated rings. The number of carbonyl (C=O) groups is 3. The highest BCUT2D eigenvalue weighted by Gasteiger charge is 2.30. The predicted octanol–water partition coefficient (Wildman–Crippen LogP) is -1.08. The number of rotatable bonds is 4. The van der Waals surface area contributed by atoms with Crippen molar-refractivity contribution in [3.63, 3.8) is 0 Å². The Balaban J connectivity index is 1.91. The van der Waals surface area contributed by atoms with Gasteiger partial charge in [0.05, 0.1) is 12.7 Å². The van der Waals surface area contributed by atoms with Crippen LogP contribution in [0.1, 0.15) is 5.56 Å². The molecule has 8 nitrogen and oxygen atoms in total. The molecule has 0 unspecified atom stereocenters. The number of H-pyrrole nitrogens is 1.